The summed E-state index contributed by atoms with van der Waals surface area (Å²) in [5.41, 5.74) is 1.07. The molecule has 1 aromatic carbocycles. The number of hydrogen-bond acceptors (Lipinski definition) is 4. The summed E-state index contributed by atoms with van der Waals surface area (Å²) >= 11 is 0. The topological polar surface area (TPSA) is 44.8 Å². The zero-order valence-electron chi connectivity index (χ0n) is 16.8. The minimum Gasteiger partial charge on any atom is -0.497 e. The van der Waals surface area contributed by atoms with Crippen LogP contribution in [0.5, 0.6) is 5.75 Å². The molecular weight excluding hydrogens is 344 g/mol. The van der Waals surface area contributed by atoms with Crippen LogP contribution in [0.1, 0.15) is 32.8 Å². The Morgan fingerprint density at radius 3 is 2.38 bits per heavy atom. The monoisotopic (exact) mass is 376 g/mol. The molecule has 0 amide bonds. The van der Waals surface area contributed by atoms with Gasteiger partial charge in [0.1, 0.15) is 18.1 Å². The van der Waals surface area contributed by atoms with E-state index in [0.717, 1.165) is 17.6 Å². The fourth-order valence-corrected chi connectivity index (χ4v) is 4.07. The van der Waals surface area contributed by atoms with E-state index < -0.39 is 8.32 Å². The lowest BCUT2D eigenvalue weighted by Crippen LogP contribution is -2.51. The average molecular weight is 377 g/mol. The van der Waals surface area contributed by atoms with Crippen molar-refractivity contribution in [3.63, 3.8) is 0 Å². The van der Waals surface area contributed by atoms with E-state index in [1.54, 1.807) is 7.11 Å². The summed E-state index contributed by atoms with van der Waals surface area (Å²) in [4.78, 5) is 11.6. The minimum absolute atomic E-state index is 0.0854. The van der Waals surface area contributed by atoms with Gasteiger partial charge in [-0.15, -0.1) is 0 Å². The van der Waals surface area contributed by atoms with E-state index in [1.165, 1.54) is 0 Å². The van der Waals surface area contributed by atoms with Crippen molar-refractivity contribution in [1.29, 1.82) is 0 Å². The number of hydrogen-bond donors (Lipinski definition) is 0. The first-order chi connectivity index (χ1) is 12.2. The molecule has 0 spiro atoms. The SMILES string of the molecule is COc1ccc(CO[C@@H]2C=CC[C@H](C=O)[C@H]2O[Si](C)(C)C(C)(C)C)cc1. The highest BCUT2D eigenvalue weighted by atomic mass is 28.4. The highest BCUT2D eigenvalue weighted by molar-refractivity contribution is 6.74. The predicted molar refractivity (Wildman–Crippen MR) is 107 cm³/mol. The van der Waals surface area contributed by atoms with Crippen molar-refractivity contribution in [2.75, 3.05) is 7.11 Å². The third kappa shape index (κ3) is 5.06. The zero-order valence-corrected chi connectivity index (χ0v) is 17.8. The molecule has 0 radical (unpaired) electrons. The quantitative estimate of drug-likeness (QED) is 0.391. The molecule has 0 aromatic heterocycles. The summed E-state index contributed by atoms with van der Waals surface area (Å²) in [7, 11) is -0.349. The Balaban J connectivity index is 2.11. The number of ether oxygens (including phenoxy) is 2. The smallest absolute Gasteiger partial charge is 0.192 e. The van der Waals surface area contributed by atoms with Crippen molar-refractivity contribution in [2.24, 2.45) is 5.92 Å². The first kappa shape index (κ1) is 20.9. The minimum atomic E-state index is -2.00. The van der Waals surface area contributed by atoms with E-state index in [0.29, 0.717) is 13.0 Å². The lowest BCUT2D eigenvalue weighted by Gasteiger charge is -2.43. The summed E-state index contributed by atoms with van der Waals surface area (Å²) < 4.78 is 17.9. The molecule has 0 bridgehead atoms. The Morgan fingerprint density at radius 1 is 1.19 bits per heavy atom. The van der Waals surface area contributed by atoms with Crippen LogP contribution >= 0.6 is 0 Å². The van der Waals surface area contributed by atoms with Crippen LogP contribution in [-0.4, -0.2) is 33.9 Å². The van der Waals surface area contributed by atoms with Crippen molar-refractivity contribution in [3.05, 3.63) is 42.0 Å². The molecule has 3 atom stereocenters. The lowest BCUT2D eigenvalue weighted by molar-refractivity contribution is -0.118. The number of carbonyl (C=O) groups excluding carboxylic acids is 1. The predicted octanol–water partition coefficient (Wildman–Crippen LogP) is 4.75. The number of methoxy groups -OCH3 is 1. The first-order valence-corrected chi connectivity index (χ1v) is 12.1. The highest BCUT2D eigenvalue weighted by Gasteiger charge is 2.43. The first-order valence-electron chi connectivity index (χ1n) is 9.22. The maximum atomic E-state index is 11.6. The number of aldehydes is 1. The van der Waals surface area contributed by atoms with Crippen LogP contribution in [0.4, 0.5) is 0 Å². The van der Waals surface area contributed by atoms with E-state index in [9.17, 15) is 4.79 Å². The van der Waals surface area contributed by atoms with Crippen LogP contribution in [0.25, 0.3) is 0 Å². The van der Waals surface area contributed by atoms with Crippen LogP contribution in [-0.2, 0) is 20.6 Å². The number of allylic oxidation sites excluding steroid dienone is 1. The van der Waals surface area contributed by atoms with Crippen molar-refractivity contribution < 1.29 is 18.7 Å². The maximum Gasteiger partial charge on any atom is 0.192 e. The third-order valence-electron chi connectivity index (χ3n) is 5.49. The molecule has 1 aliphatic carbocycles. The zero-order chi connectivity index (χ0) is 19.4. The van der Waals surface area contributed by atoms with Crippen LogP contribution in [0.2, 0.25) is 18.1 Å². The highest BCUT2D eigenvalue weighted by Crippen LogP contribution is 2.39. The molecule has 0 heterocycles. The van der Waals surface area contributed by atoms with Crippen molar-refractivity contribution in [3.8, 4) is 5.75 Å². The second kappa shape index (κ2) is 8.50. The van der Waals surface area contributed by atoms with Gasteiger partial charge in [0.15, 0.2) is 8.32 Å². The molecule has 2 rings (SSSR count). The molecule has 0 aliphatic heterocycles. The molecule has 5 heteroatoms. The molecule has 0 saturated carbocycles. The van der Waals surface area contributed by atoms with Gasteiger partial charge in [-0.1, -0.05) is 45.1 Å². The van der Waals surface area contributed by atoms with Gasteiger partial charge in [0, 0.05) is 5.92 Å². The summed E-state index contributed by atoms with van der Waals surface area (Å²) in [6.07, 6.45) is 5.37. The molecule has 1 aliphatic rings. The maximum absolute atomic E-state index is 11.6. The van der Waals surface area contributed by atoms with Gasteiger partial charge in [-0.3, -0.25) is 0 Å². The summed E-state index contributed by atoms with van der Waals surface area (Å²) in [5.74, 6) is 0.668. The normalized spacial score (nSPS) is 23.7. The van der Waals surface area contributed by atoms with Crippen LogP contribution in [0.3, 0.4) is 0 Å². The molecule has 0 fully saturated rings. The Morgan fingerprint density at radius 2 is 1.85 bits per heavy atom. The van der Waals surface area contributed by atoms with E-state index in [4.69, 9.17) is 13.9 Å². The summed E-state index contributed by atoms with van der Waals surface area (Å²) in [6, 6.07) is 7.83. The average Bonchev–Trinajstić information content (AvgIpc) is 2.60. The van der Waals surface area contributed by atoms with Gasteiger partial charge in [0.2, 0.25) is 0 Å². The van der Waals surface area contributed by atoms with Crippen molar-refractivity contribution in [2.45, 2.75) is 64.1 Å². The summed E-state index contributed by atoms with van der Waals surface area (Å²) in [6.45, 7) is 11.5. The van der Waals surface area contributed by atoms with Gasteiger partial charge in [-0.05, 0) is 42.2 Å². The fourth-order valence-electron chi connectivity index (χ4n) is 2.73. The number of benzene rings is 1. The van der Waals surface area contributed by atoms with Gasteiger partial charge >= 0.3 is 0 Å². The van der Waals surface area contributed by atoms with Gasteiger partial charge in [-0.2, -0.15) is 0 Å². The third-order valence-corrected chi connectivity index (χ3v) is 9.97. The van der Waals surface area contributed by atoms with Crippen LogP contribution < -0.4 is 4.74 Å². The lowest BCUT2D eigenvalue weighted by atomic mass is 9.90. The molecular formula is C21H32O4Si. The molecule has 0 N–H and O–H groups in total. The molecule has 4 nitrogen and oxygen atoms in total. The molecule has 1 aromatic rings. The standard InChI is InChI=1S/C21H32O4Si/c1-21(2,3)26(5,6)25-20-17(14-22)8-7-9-19(20)24-15-16-10-12-18(23-4)13-11-16/h7,9-14,17,19-20H,8,15H2,1-6H3/t17-,19-,20-/m1/s1. The van der Waals surface area contributed by atoms with Crippen LogP contribution in [0.15, 0.2) is 36.4 Å². The molecule has 26 heavy (non-hydrogen) atoms. The second-order valence-corrected chi connectivity index (χ2v) is 13.2. The second-order valence-electron chi connectivity index (χ2n) is 8.43. The van der Waals surface area contributed by atoms with Gasteiger partial charge < -0.3 is 18.7 Å². The Kier molecular flexibility index (Phi) is 6.83. The van der Waals surface area contributed by atoms with Crippen molar-refractivity contribution in [1.82, 2.24) is 0 Å². The summed E-state index contributed by atoms with van der Waals surface area (Å²) in [5, 5.41) is 0.0854. The molecule has 0 saturated heterocycles. The Labute approximate surface area is 158 Å². The number of rotatable bonds is 7. The fraction of sp³-hybridized carbons (Fsp3) is 0.571. The van der Waals surface area contributed by atoms with Gasteiger partial charge in [0.05, 0.1) is 19.8 Å². The molecule has 0 unspecified atom stereocenters. The Bertz CT molecular complexity index is 616. The van der Waals surface area contributed by atoms with Gasteiger partial charge in [0.25, 0.3) is 0 Å². The van der Waals surface area contributed by atoms with E-state index >= 15 is 0 Å². The van der Waals surface area contributed by atoms with Crippen molar-refractivity contribution >= 4 is 14.6 Å². The number of carbonyl (C=O) groups is 1. The Hall–Kier alpha value is -1.43. The van der Waals surface area contributed by atoms with E-state index in [2.05, 4.69) is 33.9 Å². The van der Waals surface area contributed by atoms with E-state index in [1.807, 2.05) is 36.4 Å². The van der Waals surface area contributed by atoms with Crippen LogP contribution in [0, 0.1) is 5.92 Å². The van der Waals surface area contributed by atoms with Gasteiger partial charge in [-0.25, -0.2) is 0 Å². The molecule has 144 valence electrons. The largest absolute Gasteiger partial charge is 0.497 e. The van der Waals surface area contributed by atoms with E-state index in [-0.39, 0.29) is 23.2 Å².